The van der Waals surface area contributed by atoms with Crippen LogP contribution in [0.25, 0.3) is 0 Å². The largest absolute Gasteiger partial charge is 0.371 e. The molecule has 0 saturated heterocycles. The minimum Gasteiger partial charge on any atom is -0.371 e. The highest BCUT2D eigenvalue weighted by Gasteiger charge is 2.16. The maximum absolute atomic E-state index is 9.11. The lowest BCUT2D eigenvalue weighted by atomic mass is 10.0. The smallest absolute Gasteiger partial charge is 0.101 e. The van der Waals surface area contributed by atoms with E-state index < -0.39 is 0 Å². The Balaban J connectivity index is 3.09. The van der Waals surface area contributed by atoms with Gasteiger partial charge in [-0.2, -0.15) is 5.26 Å². The first-order valence-electron chi connectivity index (χ1n) is 5.40. The van der Waals surface area contributed by atoms with Crippen LogP contribution in [0, 0.1) is 17.2 Å². The lowest BCUT2D eigenvalue weighted by Crippen LogP contribution is -2.33. The standard InChI is InChI=1S/C13H17BrN2/c1-9(2)10(3)16(4)13-6-5-12(14)7-11(13)8-15/h5-7,9-10H,1-4H3. The van der Waals surface area contributed by atoms with Gasteiger partial charge in [0, 0.05) is 17.6 Å². The summed E-state index contributed by atoms with van der Waals surface area (Å²) in [6, 6.07) is 8.47. The van der Waals surface area contributed by atoms with Gasteiger partial charge in [0.1, 0.15) is 6.07 Å². The molecule has 16 heavy (non-hydrogen) atoms. The summed E-state index contributed by atoms with van der Waals surface area (Å²) in [5.74, 6) is 0.556. The van der Waals surface area contributed by atoms with Gasteiger partial charge in [-0.25, -0.2) is 0 Å². The molecule has 0 aliphatic heterocycles. The van der Waals surface area contributed by atoms with E-state index in [0.717, 1.165) is 10.2 Å². The zero-order valence-corrected chi connectivity index (χ0v) is 11.7. The van der Waals surface area contributed by atoms with Gasteiger partial charge in [0.05, 0.1) is 11.3 Å². The third-order valence-corrected chi connectivity index (χ3v) is 3.53. The first-order valence-corrected chi connectivity index (χ1v) is 6.19. The first kappa shape index (κ1) is 13.1. The molecule has 1 unspecified atom stereocenters. The van der Waals surface area contributed by atoms with Gasteiger partial charge < -0.3 is 4.90 Å². The van der Waals surface area contributed by atoms with Crippen molar-refractivity contribution in [3.05, 3.63) is 28.2 Å². The molecular formula is C13H17BrN2. The number of hydrogen-bond acceptors (Lipinski definition) is 2. The average Bonchev–Trinajstić information content (AvgIpc) is 2.26. The predicted octanol–water partition coefficient (Wildman–Crippen LogP) is 3.80. The van der Waals surface area contributed by atoms with Crippen molar-refractivity contribution in [1.29, 1.82) is 5.26 Å². The second-order valence-corrected chi connectivity index (χ2v) is 5.28. The second kappa shape index (κ2) is 5.36. The van der Waals surface area contributed by atoms with Crippen molar-refractivity contribution in [2.75, 3.05) is 11.9 Å². The maximum atomic E-state index is 9.11. The maximum Gasteiger partial charge on any atom is 0.101 e. The minimum atomic E-state index is 0.410. The van der Waals surface area contributed by atoms with Crippen LogP contribution in [-0.2, 0) is 0 Å². The number of benzene rings is 1. The molecule has 1 aromatic carbocycles. The van der Waals surface area contributed by atoms with Crippen LogP contribution in [0.15, 0.2) is 22.7 Å². The average molecular weight is 281 g/mol. The van der Waals surface area contributed by atoms with Gasteiger partial charge in [-0.05, 0) is 31.0 Å². The SMILES string of the molecule is CC(C)C(C)N(C)c1ccc(Br)cc1C#N. The summed E-state index contributed by atoms with van der Waals surface area (Å²) in [6.45, 7) is 6.55. The molecule has 0 heterocycles. The molecule has 0 aliphatic carbocycles. The van der Waals surface area contributed by atoms with Crippen molar-refractivity contribution >= 4 is 21.6 Å². The van der Waals surface area contributed by atoms with Gasteiger partial charge in [0.25, 0.3) is 0 Å². The van der Waals surface area contributed by atoms with Crippen LogP contribution in [-0.4, -0.2) is 13.1 Å². The van der Waals surface area contributed by atoms with Crippen LogP contribution in [0.4, 0.5) is 5.69 Å². The zero-order chi connectivity index (χ0) is 12.3. The predicted molar refractivity (Wildman–Crippen MR) is 71.6 cm³/mol. The van der Waals surface area contributed by atoms with E-state index in [1.54, 1.807) is 0 Å². The Morgan fingerprint density at radius 3 is 2.44 bits per heavy atom. The van der Waals surface area contributed by atoms with E-state index >= 15 is 0 Å². The Kier molecular flexibility index (Phi) is 4.37. The van der Waals surface area contributed by atoms with Crippen molar-refractivity contribution in [2.24, 2.45) is 5.92 Å². The summed E-state index contributed by atoms with van der Waals surface area (Å²) in [5.41, 5.74) is 1.70. The number of rotatable bonds is 3. The van der Waals surface area contributed by atoms with Gasteiger partial charge in [-0.1, -0.05) is 29.8 Å². The monoisotopic (exact) mass is 280 g/mol. The fourth-order valence-electron chi connectivity index (χ4n) is 1.57. The summed E-state index contributed by atoms with van der Waals surface area (Å²) >= 11 is 3.38. The van der Waals surface area contributed by atoms with Crippen molar-refractivity contribution in [1.82, 2.24) is 0 Å². The molecule has 0 aromatic heterocycles. The van der Waals surface area contributed by atoms with Gasteiger partial charge in [-0.15, -0.1) is 0 Å². The number of halogens is 1. The van der Waals surface area contributed by atoms with Gasteiger partial charge in [0.15, 0.2) is 0 Å². The van der Waals surface area contributed by atoms with E-state index in [1.807, 2.05) is 25.2 Å². The van der Waals surface area contributed by atoms with E-state index in [-0.39, 0.29) is 0 Å². The van der Waals surface area contributed by atoms with Crippen molar-refractivity contribution in [3.8, 4) is 6.07 Å². The number of nitriles is 1. The second-order valence-electron chi connectivity index (χ2n) is 4.37. The van der Waals surface area contributed by atoms with Crippen LogP contribution in [0.3, 0.4) is 0 Å². The van der Waals surface area contributed by atoms with E-state index in [4.69, 9.17) is 5.26 Å². The summed E-state index contributed by atoms with van der Waals surface area (Å²) in [4.78, 5) is 2.16. The van der Waals surface area contributed by atoms with Crippen LogP contribution < -0.4 is 4.90 Å². The molecule has 2 nitrogen and oxygen atoms in total. The number of anilines is 1. The molecule has 1 rings (SSSR count). The Morgan fingerprint density at radius 2 is 1.94 bits per heavy atom. The lowest BCUT2D eigenvalue weighted by Gasteiger charge is -2.30. The third-order valence-electron chi connectivity index (χ3n) is 3.03. The van der Waals surface area contributed by atoms with Crippen molar-refractivity contribution in [2.45, 2.75) is 26.8 Å². The van der Waals surface area contributed by atoms with E-state index in [9.17, 15) is 0 Å². The number of hydrogen-bond donors (Lipinski definition) is 0. The van der Waals surface area contributed by atoms with E-state index in [2.05, 4.69) is 47.7 Å². The third kappa shape index (κ3) is 2.76. The van der Waals surface area contributed by atoms with Gasteiger partial charge in [0.2, 0.25) is 0 Å². The first-order chi connectivity index (χ1) is 7.47. The molecule has 0 N–H and O–H groups in total. The molecule has 1 aromatic rings. The topological polar surface area (TPSA) is 27.0 Å². The molecule has 0 saturated carbocycles. The van der Waals surface area contributed by atoms with Gasteiger partial charge >= 0.3 is 0 Å². The summed E-state index contributed by atoms with van der Waals surface area (Å²) in [7, 11) is 2.04. The van der Waals surface area contributed by atoms with Crippen LogP contribution >= 0.6 is 15.9 Å². The zero-order valence-electron chi connectivity index (χ0n) is 10.2. The number of nitrogens with zero attached hydrogens (tertiary/aromatic N) is 2. The minimum absolute atomic E-state index is 0.410. The Morgan fingerprint density at radius 1 is 1.31 bits per heavy atom. The molecule has 0 fully saturated rings. The molecule has 3 heteroatoms. The highest BCUT2D eigenvalue weighted by molar-refractivity contribution is 9.10. The van der Waals surface area contributed by atoms with Crippen molar-refractivity contribution < 1.29 is 0 Å². The van der Waals surface area contributed by atoms with Crippen LogP contribution in [0.5, 0.6) is 0 Å². The Labute approximate surface area is 106 Å². The fourth-order valence-corrected chi connectivity index (χ4v) is 1.93. The van der Waals surface area contributed by atoms with E-state index in [0.29, 0.717) is 17.5 Å². The molecule has 0 spiro atoms. The molecular weight excluding hydrogens is 264 g/mol. The molecule has 0 amide bonds. The van der Waals surface area contributed by atoms with Crippen LogP contribution in [0.2, 0.25) is 0 Å². The van der Waals surface area contributed by atoms with Crippen LogP contribution in [0.1, 0.15) is 26.3 Å². The molecule has 1 atom stereocenters. The molecule has 0 radical (unpaired) electrons. The lowest BCUT2D eigenvalue weighted by molar-refractivity contribution is 0.505. The van der Waals surface area contributed by atoms with E-state index in [1.165, 1.54) is 0 Å². The molecule has 0 bridgehead atoms. The fraction of sp³-hybridized carbons (Fsp3) is 0.462. The van der Waals surface area contributed by atoms with Crippen molar-refractivity contribution in [3.63, 3.8) is 0 Å². The summed E-state index contributed by atoms with van der Waals surface area (Å²) in [5, 5.41) is 9.11. The Hall–Kier alpha value is -1.01. The highest BCUT2D eigenvalue weighted by Crippen LogP contribution is 2.26. The molecule has 86 valence electrons. The summed E-state index contributed by atoms with van der Waals surface area (Å²) in [6.07, 6.45) is 0. The Bertz CT molecular complexity index is 407. The quantitative estimate of drug-likeness (QED) is 0.842. The highest BCUT2D eigenvalue weighted by atomic mass is 79.9. The summed E-state index contributed by atoms with van der Waals surface area (Å²) < 4.78 is 0.943. The molecule has 0 aliphatic rings. The normalized spacial score (nSPS) is 12.3. The van der Waals surface area contributed by atoms with Gasteiger partial charge in [-0.3, -0.25) is 0 Å².